The summed E-state index contributed by atoms with van der Waals surface area (Å²) in [7, 11) is 0. The topological polar surface area (TPSA) is 87.1 Å². The second kappa shape index (κ2) is 8.37. The lowest BCUT2D eigenvalue weighted by molar-refractivity contribution is -0.132. The Kier molecular flexibility index (Phi) is 5.55. The second-order valence-electron chi connectivity index (χ2n) is 9.08. The van der Waals surface area contributed by atoms with Crippen LogP contribution in [0.1, 0.15) is 40.9 Å². The number of amides is 1. The van der Waals surface area contributed by atoms with E-state index in [-0.39, 0.29) is 18.9 Å². The highest BCUT2D eigenvalue weighted by molar-refractivity contribution is 6.00. The molecule has 7 nitrogen and oxygen atoms in total. The lowest BCUT2D eigenvalue weighted by Crippen LogP contribution is -2.49. The molecule has 7 heteroatoms. The predicted molar refractivity (Wildman–Crippen MR) is 122 cm³/mol. The van der Waals surface area contributed by atoms with Gasteiger partial charge in [0.15, 0.2) is 0 Å². The SMILES string of the molecule is Cc1c(CC(=O)N2CCN(CCO)CC2)c(=O)oc2c(C)c3oc4c(c3cc12)CCCC4. The number of piperazine rings is 1. The number of hydrogen-bond acceptors (Lipinski definition) is 6. The molecule has 32 heavy (non-hydrogen) atoms. The average molecular weight is 439 g/mol. The van der Waals surface area contributed by atoms with Crippen molar-refractivity contribution < 1.29 is 18.7 Å². The van der Waals surface area contributed by atoms with Crippen LogP contribution >= 0.6 is 0 Å². The van der Waals surface area contributed by atoms with Crippen LogP contribution in [0.15, 0.2) is 19.7 Å². The first-order valence-electron chi connectivity index (χ1n) is 11.6. The molecule has 0 saturated carbocycles. The van der Waals surface area contributed by atoms with Gasteiger partial charge in [-0.15, -0.1) is 0 Å². The number of fused-ring (bicyclic) bond motifs is 4. The Morgan fingerprint density at radius 3 is 2.47 bits per heavy atom. The molecule has 3 heterocycles. The number of β-amino-alcohol motifs (C(OH)–C–C–N with tert-alkyl or cyclic N) is 1. The van der Waals surface area contributed by atoms with Crippen molar-refractivity contribution in [3.8, 4) is 0 Å². The maximum atomic E-state index is 13.0. The van der Waals surface area contributed by atoms with Gasteiger partial charge in [0.2, 0.25) is 5.91 Å². The summed E-state index contributed by atoms with van der Waals surface area (Å²) in [5.41, 5.74) is 4.32. The minimum Gasteiger partial charge on any atom is -0.460 e. The highest BCUT2D eigenvalue weighted by atomic mass is 16.4. The van der Waals surface area contributed by atoms with Crippen LogP contribution in [0.2, 0.25) is 0 Å². The van der Waals surface area contributed by atoms with Crippen molar-refractivity contribution in [3.05, 3.63) is 44.5 Å². The molecule has 1 amide bonds. The normalized spacial score (nSPS) is 17.3. The Morgan fingerprint density at radius 1 is 1.00 bits per heavy atom. The third kappa shape index (κ3) is 3.53. The molecule has 0 bridgehead atoms. The summed E-state index contributed by atoms with van der Waals surface area (Å²) < 4.78 is 11.9. The van der Waals surface area contributed by atoms with E-state index in [0.29, 0.717) is 30.8 Å². The van der Waals surface area contributed by atoms with Crippen LogP contribution < -0.4 is 5.63 Å². The van der Waals surface area contributed by atoms with Crippen molar-refractivity contribution in [1.82, 2.24) is 9.80 Å². The van der Waals surface area contributed by atoms with Crippen LogP contribution in [-0.4, -0.2) is 60.1 Å². The number of carbonyl (C=O) groups excluding carboxylic acids is 1. The molecule has 2 aliphatic rings. The molecular weight excluding hydrogens is 408 g/mol. The summed E-state index contributed by atoms with van der Waals surface area (Å²) in [4.78, 5) is 29.8. The lowest BCUT2D eigenvalue weighted by Gasteiger charge is -2.34. The number of rotatable bonds is 4. The Balaban J connectivity index is 1.49. The van der Waals surface area contributed by atoms with E-state index in [9.17, 15) is 9.59 Å². The van der Waals surface area contributed by atoms with E-state index in [1.54, 1.807) is 4.90 Å². The molecule has 0 spiro atoms. The molecule has 3 aromatic rings. The van der Waals surface area contributed by atoms with Crippen LogP contribution in [0.3, 0.4) is 0 Å². The number of nitrogens with zero attached hydrogens (tertiary/aromatic N) is 2. The van der Waals surface area contributed by atoms with E-state index in [2.05, 4.69) is 11.0 Å². The molecule has 1 aromatic carbocycles. The van der Waals surface area contributed by atoms with Gasteiger partial charge < -0.3 is 18.8 Å². The third-order valence-electron chi connectivity index (χ3n) is 7.19. The number of aryl methyl sites for hydroxylation is 4. The van der Waals surface area contributed by atoms with E-state index in [0.717, 1.165) is 72.0 Å². The largest absolute Gasteiger partial charge is 0.460 e. The Hall–Kier alpha value is -2.64. The van der Waals surface area contributed by atoms with Gasteiger partial charge in [-0.1, -0.05) is 0 Å². The summed E-state index contributed by atoms with van der Waals surface area (Å²) in [5, 5.41) is 11.1. The van der Waals surface area contributed by atoms with Gasteiger partial charge in [-0.3, -0.25) is 9.69 Å². The quantitative estimate of drug-likeness (QED) is 0.631. The number of aliphatic hydroxyl groups is 1. The fourth-order valence-corrected chi connectivity index (χ4v) is 5.25. The van der Waals surface area contributed by atoms with E-state index in [1.807, 2.05) is 13.8 Å². The van der Waals surface area contributed by atoms with Gasteiger partial charge in [-0.25, -0.2) is 4.79 Å². The average Bonchev–Trinajstić information content (AvgIpc) is 3.17. The van der Waals surface area contributed by atoms with Crippen molar-refractivity contribution >= 4 is 27.8 Å². The molecule has 170 valence electrons. The van der Waals surface area contributed by atoms with Crippen molar-refractivity contribution in [2.45, 2.75) is 46.0 Å². The predicted octanol–water partition coefficient (Wildman–Crippen LogP) is 2.71. The van der Waals surface area contributed by atoms with Crippen LogP contribution in [0.4, 0.5) is 0 Å². The summed E-state index contributed by atoms with van der Waals surface area (Å²) in [6.07, 6.45) is 4.31. The van der Waals surface area contributed by atoms with Crippen molar-refractivity contribution in [2.24, 2.45) is 0 Å². The zero-order valence-corrected chi connectivity index (χ0v) is 18.8. The summed E-state index contributed by atoms with van der Waals surface area (Å²) in [6, 6.07) is 2.09. The molecule has 1 N–H and O–H groups in total. The Labute approximate surface area is 186 Å². The zero-order chi connectivity index (χ0) is 22.4. The van der Waals surface area contributed by atoms with Gasteiger partial charge in [0.05, 0.1) is 18.6 Å². The first-order valence-corrected chi connectivity index (χ1v) is 11.6. The molecule has 2 aromatic heterocycles. The fraction of sp³-hybridized carbons (Fsp3) is 0.520. The van der Waals surface area contributed by atoms with Crippen LogP contribution in [-0.2, 0) is 24.1 Å². The number of carbonyl (C=O) groups is 1. The van der Waals surface area contributed by atoms with Gasteiger partial charge in [-0.05, 0) is 44.7 Å². The molecule has 1 aliphatic heterocycles. The number of hydrogen-bond donors (Lipinski definition) is 1. The smallest absolute Gasteiger partial charge is 0.340 e. The van der Waals surface area contributed by atoms with Gasteiger partial charge in [0.1, 0.15) is 16.9 Å². The van der Waals surface area contributed by atoms with Gasteiger partial charge in [0, 0.05) is 61.0 Å². The van der Waals surface area contributed by atoms with Gasteiger partial charge in [0.25, 0.3) is 0 Å². The lowest BCUT2D eigenvalue weighted by atomic mass is 9.93. The summed E-state index contributed by atoms with van der Waals surface area (Å²) >= 11 is 0. The Bertz CT molecular complexity index is 1250. The minimum absolute atomic E-state index is 0.0463. The Morgan fingerprint density at radius 2 is 1.72 bits per heavy atom. The summed E-state index contributed by atoms with van der Waals surface area (Å²) in [6.45, 7) is 7.30. The fourth-order valence-electron chi connectivity index (χ4n) is 5.25. The van der Waals surface area contributed by atoms with E-state index in [4.69, 9.17) is 13.9 Å². The second-order valence-corrected chi connectivity index (χ2v) is 9.08. The van der Waals surface area contributed by atoms with E-state index >= 15 is 0 Å². The highest BCUT2D eigenvalue weighted by Gasteiger charge is 2.25. The maximum absolute atomic E-state index is 13.0. The van der Waals surface area contributed by atoms with E-state index < -0.39 is 5.63 Å². The molecule has 0 atom stereocenters. The molecule has 1 aliphatic carbocycles. The van der Waals surface area contributed by atoms with Gasteiger partial charge in [-0.2, -0.15) is 0 Å². The molecule has 0 radical (unpaired) electrons. The molecule has 1 fully saturated rings. The first-order chi connectivity index (χ1) is 15.5. The first kappa shape index (κ1) is 21.2. The standard InChI is InChI=1S/C25H30N2O5/c1-15-18-13-20-17-5-3-4-6-21(17)31-24(20)16(2)23(18)32-25(30)19(15)14-22(29)27-9-7-26(8-10-27)11-12-28/h13,28H,3-12,14H2,1-2H3. The molecule has 1 saturated heterocycles. The van der Waals surface area contributed by atoms with Crippen LogP contribution in [0.25, 0.3) is 21.9 Å². The van der Waals surface area contributed by atoms with Crippen LogP contribution in [0, 0.1) is 13.8 Å². The summed E-state index contributed by atoms with van der Waals surface area (Å²) in [5.74, 6) is 1.00. The molecule has 0 unspecified atom stereocenters. The zero-order valence-electron chi connectivity index (χ0n) is 18.8. The van der Waals surface area contributed by atoms with Crippen molar-refractivity contribution in [1.29, 1.82) is 0 Å². The number of benzene rings is 1. The number of aliphatic hydroxyl groups excluding tert-OH is 1. The monoisotopic (exact) mass is 438 g/mol. The van der Waals surface area contributed by atoms with Crippen LogP contribution in [0.5, 0.6) is 0 Å². The minimum atomic E-state index is -0.443. The maximum Gasteiger partial charge on any atom is 0.340 e. The van der Waals surface area contributed by atoms with Crippen molar-refractivity contribution in [2.75, 3.05) is 39.3 Å². The van der Waals surface area contributed by atoms with E-state index in [1.165, 1.54) is 5.56 Å². The van der Waals surface area contributed by atoms with Crippen molar-refractivity contribution in [3.63, 3.8) is 0 Å². The highest BCUT2D eigenvalue weighted by Crippen LogP contribution is 2.37. The number of furan rings is 1. The third-order valence-corrected chi connectivity index (χ3v) is 7.19. The molecule has 5 rings (SSSR count). The molecular formula is C25H30N2O5. The van der Waals surface area contributed by atoms with Gasteiger partial charge >= 0.3 is 5.63 Å².